The lowest BCUT2D eigenvalue weighted by molar-refractivity contribution is 0.102. The summed E-state index contributed by atoms with van der Waals surface area (Å²) < 4.78 is 7.80. The van der Waals surface area contributed by atoms with E-state index >= 15 is 0 Å². The van der Waals surface area contributed by atoms with E-state index in [9.17, 15) is 4.79 Å². The highest BCUT2D eigenvalue weighted by Crippen LogP contribution is 2.26. The highest BCUT2D eigenvalue weighted by molar-refractivity contribution is 7.99. The maximum absolute atomic E-state index is 12.9. The molecule has 0 saturated heterocycles. The lowest BCUT2D eigenvalue weighted by atomic mass is 10.2. The zero-order valence-electron chi connectivity index (χ0n) is 16.5. The van der Waals surface area contributed by atoms with Crippen LogP contribution < -0.4 is 0 Å². The summed E-state index contributed by atoms with van der Waals surface area (Å²) in [5.74, 6) is 0.744. The van der Waals surface area contributed by atoms with Crippen LogP contribution in [0.25, 0.3) is 17.1 Å². The molecule has 0 spiro atoms. The lowest BCUT2D eigenvalue weighted by Gasteiger charge is -2.10. The molecule has 6 heteroatoms. The summed E-state index contributed by atoms with van der Waals surface area (Å²) in [6.45, 7) is 6.06. The van der Waals surface area contributed by atoms with Crippen molar-refractivity contribution < 1.29 is 9.21 Å². The number of benzene rings is 2. The van der Waals surface area contributed by atoms with E-state index in [0.29, 0.717) is 11.1 Å². The topological polar surface area (TPSA) is 60.9 Å². The van der Waals surface area contributed by atoms with E-state index in [1.54, 1.807) is 0 Å². The Morgan fingerprint density at radius 2 is 1.79 bits per heavy atom. The van der Waals surface area contributed by atoms with Gasteiger partial charge in [-0.3, -0.25) is 4.79 Å². The van der Waals surface area contributed by atoms with Gasteiger partial charge in [-0.15, -0.1) is 10.2 Å². The maximum Gasteiger partial charge on any atom is 0.277 e. The van der Waals surface area contributed by atoms with Gasteiger partial charge in [-0.1, -0.05) is 42.1 Å². The number of aryl methyl sites for hydroxylation is 2. The Hall–Kier alpha value is -3.12. The lowest BCUT2D eigenvalue weighted by Crippen LogP contribution is -2.05. The van der Waals surface area contributed by atoms with E-state index in [2.05, 4.69) is 39.9 Å². The Kier molecular flexibility index (Phi) is 5.36. The first-order chi connectivity index (χ1) is 14.0. The average Bonchev–Trinajstić information content (AvgIpc) is 3.31. The fourth-order valence-corrected chi connectivity index (χ4v) is 4.03. The van der Waals surface area contributed by atoms with Crippen molar-refractivity contribution in [2.75, 3.05) is 5.75 Å². The Morgan fingerprint density at radius 3 is 2.55 bits per heavy atom. The Bertz CT molecular complexity index is 1160. The molecule has 0 radical (unpaired) electrons. The van der Waals surface area contributed by atoms with Crippen molar-refractivity contribution in [3.8, 4) is 17.1 Å². The van der Waals surface area contributed by atoms with E-state index in [-0.39, 0.29) is 11.5 Å². The van der Waals surface area contributed by atoms with E-state index in [1.165, 1.54) is 17.3 Å². The van der Waals surface area contributed by atoms with Crippen molar-refractivity contribution in [3.63, 3.8) is 0 Å². The molecule has 5 nitrogen and oxygen atoms in total. The van der Waals surface area contributed by atoms with Crippen LogP contribution in [0.1, 0.15) is 27.3 Å². The largest absolute Gasteiger partial charge is 0.411 e. The van der Waals surface area contributed by atoms with Crippen LogP contribution in [0.2, 0.25) is 0 Å². The quantitative estimate of drug-likeness (QED) is 0.317. The molecular weight excluding hydrogens is 382 g/mol. The van der Waals surface area contributed by atoms with Crippen LogP contribution in [0.4, 0.5) is 0 Å². The third-order valence-corrected chi connectivity index (χ3v) is 5.56. The first-order valence-corrected chi connectivity index (χ1v) is 10.3. The molecule has 0 unspecified atom stereocenters. The minimum Gasteiger partial charge on any atom is -0.411 e. The Balaban J connectivity index is 1.50. The summed E-state index contributed by atoms with van der Waals surface area (Å²) >= 11 is 1.26. The van der Waals surface area contributed by atoms with Gasteiger partial charge in [0.05, 0.1) is 5.75 Å². The molecule has 2 aromatic carbocycles. The second-order valence-electron chi connectivity index (χ2n) is 6.91. The number of Topliss-reactive ketones (excluding diaryl/α,β-unsaturated/α-hetero) is 1. The van der Waals surface area contributed by atoms with Gasteiger partial charge in [-0.05, 0) is 56.7 Å². The first kappa shape index (κ1) is 19.2. The van der Waals surface area contributed by atoms with Crippen LogP contribution in [-0.2, 0) is 0 Å². The molecule has 0 fully saturated rings. The Labute approximate surface area is 173 Å². The number of carbonyl (C=O) groups excluding carboxylic acids is 1. The zero-order valence-corrected chi connectivity index (χ0v) is 17.4. The number of hydrogen-bond donors (Lipinski definition) is 0. The molecule has 0 aliphatic heterocycles. The van der Waals surface area contributed by atoms with Gasteiger partial charge < -0.3 is 8.98 Å². The van der Waals surface area contributed by atoms with Crippen molar-refractivity contribution in [2.24, 2.45) is 0 Å². The van der Waals surface area contributed by atoms with Gasteiger partial charge in [0.1, 0.15) is 0 Å². The number of carbonyl (C=O) groups is 1. The normalized spacial score (nSPS) is 11.0. The average molecular weight is 404 g/mol. The molecule has 0 aliphatic carbocycles. The van der Waals surface area contributed by atoms with Crippen LogP contribution in [0.3, 0.4) is 0 Å². The Morgan fingerprint density at radius 1 is 1.00 bits per heavy atom. The minimum atomic E-state index is 0.0430. The van der Waals surface area contributed by atoms with Gasteiger partial charge in [0.2, 0.25) is 5.89 Å². The minimum absolute atomic E-state index is 0.0430. The highest BCUT2D eigenvalue weighted by atomic mass is 32.2. The predicted octanol–water partition coefficient (Wildman–Crippen LogP) is 5.43. The van der Waals surface area contributed by atoms with Crippen LogP contribution in [0.5, 0.6) is 0 Å². The number of thioether (sulfide) groups is 1. The number of rotatable bonds is 6. The van der Waals surface area contributed by atoms with Crippen molar-refractivity contribution in [2.45, 2.75) is 26.0 Å². The number of ketones is 1. The summed E-state index contributed by atoms with van der Waals surface area (Å²) in [6, 6.07) is 19.8. The molecule has 0 bridgehead atoms. The third kappa shape index (κ3) is 4.03. The highest BCUT2D eigenvalue weighted by Gasteiger charge is 2.18. The summed E-state index contributed by atoms with van der Waals surface area (Å²) in [7, 11) is 0. The number of aromatic nitrogens is 3. The van der Waals surface area contributed by atoms with Crippen molar-refractivity contribution in [1.29, 1.82) is 0 Å². The van der Waals surface area contributed by atoms with Crippen molar-refractivity contribution in [1.82, 2.24) is 14.8 Å². The number of hydrogen-bond acceptors (Lipinski definition) is 5. The number of nitrogens with zero attached hydrogens (tertiary/aromatic N) is 3. The van der Waals surface area contributed by atoms with Gasteiger partial charge in [-0.25, -0.2) is 0 Å². The van der Waals surface area contributed by atoms with Crippen LogP contribution in [-0.4, -0.2) is 26.3 Å². The van der Waals surface area contributed by atoms with Crippen LogP contribution in [0.15, 0.2) is 70.3 Å². The standard InChI is InChI=1S/C23H21N3O2S/c1-15-8-7-11-19(12-15)26-16(2)13-20(17(26)3)21(27)14-29-23-25-24-22(28-23)18-9-5-4-6-10-18/h4-13H,14H2,1-3H3. The van der Waals surface area contributed by atoms with E-state index in [4.69, 9.17) is 4.42 Å². The smallest absolute Gasteiger partial charge is 0.277 e. The molecule has 0 aliphatic rings. The molecule has 29 heavy (non-hydrogen) atoms. The molecular formula is C23H21N3O2S. The van der Waals surface area contributed by atoms with Gasteiger partial charge in [-0.2, -0.15) is 0 Å². The van der Waals surface area contributed by atoms with Gasteiger partial charge in [0.25, 0.3) is 5.22 Å². The van der Waals surface area contributed by atoms with Crippen LogP contribution >= 0.6 is 11.8 Å². The molecule has 0 amide bonds. The van der Waals surface area contributed by atoms with Crippen molar-refractivity contribution >= 4 is 17.5 Å². The van der Waals surface area contributed by atoms with E-state index in [1.807, 2.05) is 56.3 Å². The van der Waals surface area contributed by atoms with E-state index < -0.39 is 0 Å². The zero-order chi connectivity index (χ0) is 20.4. The maximum atomic E-state index is 12.9. The fraction of sp³-hybridized carbons (Fsp3) is 0.174. The third-order valence-electron chi connectivity index (χ3n) is 4.75. The summed E-state index contributed by atoms with van der Waals surface area (Å²) in [4.78, 5) is 12.9. The molecule has 2 heterocycles. The molecule has 0 atom stereocenters. The first-order valence-electron chi connectivity index (χ1n) is 9.34. The second kappa shape index (κ2) is 8.09. The van der Waals surface area contributed by atoms with Crippen LogP contribution in [0, 0.1) is 20.8 Å². The monoisotopic (exact) mass is 403 g/mol. The van der Waals surface area contributed by atoms with Gasteiger partial charge in [0.15, 0.2) is 5.78 Å². The fourth-order valence-electron chi connectivity index (χ4n) is 3.38. The van der Waals surface area contributed by atoms with Gasteiger partial charge in [0, 0.05) is 28.2 Å². The van der Waals surface area contributed by atoms with Crippen molar-refractivity contribution in [3.05, 3.63) is 83.2 Å². The molecule has 4 rings (SSSR count). The van der Waals surface area contributed by atoms with Gasteiger partial charge >= 0.3 is 0 Å². The molecule has 4 aromatic rings. The second-order valence-corrected chi connectivity index (χ2v) is 7.84. The predicted molar refractivity (Wildman–Crippen MR) is 115 cm³/mol. The summed E-state index contributed by atoms with van der Waals surface area (Å²) in [5, 5.41) is 8.51. The summed E-state index contributed by atoms with van der Waals surface area (Å²) in [5.41, 5.74) is 5.80. The summed E-state index contributed by atoms with van der Waals surface area (Å²) in [6.07, 6.45) is 0. The SMILES string of the molecule is Cc1cccc(-n2c(C)cc(C(=O)CSc3nnc(-c4ccccc4)o3)c2C)c1. The molecule has 146 valence electrons. The molecule has 0 N–H and O–H groups in total. The molecule has 0 saturated carbocycles. The van der Waals surface area contributed by atoms with E-state index in [0.717, 1.165) is 28.2 Å². The molecule has 2 aromatic heterocycles.